The quantitative estimate of drug-likeness (QED) is 0.497. The van der Waals surface area contributed by atoms with Crippen molar-refractivity contribution in [1.29, 1.82) is 5.26 Å². The number of hydrogen-bond donors (Lipinski definition) is 2. The van der Waals surface area contributed by atoms with E-state index in [1.165, 1.54) is 6.07 Å². The maximum absolute atomic E-state index is 14.3. The molecular weight excluding hydrogens is 415 g/mol. The summed E-state index contributed by atoms with van der Waals surface area (Å²) in [7, 11) is 0. The van der Waals surface area contributed by atoms with Crippen LogP contribution in [-0.4, -0.2) is 34.1 Å². The highest BCUT2D eigenvalue weighted by atomic mass is 35.5. The lowest BCUT2D eigenvalue weighted by atomic mass is 10.00. The van der Waals surface area contributed by atoms with Crippen LogP contribution in [0.1, 0.15) is 12.0 Å². The van der Waals surface area contributed by atoms with E-state index in [2.05, 4.69) is 25.9 Å². The highest BCUT2D eigenvalue weighted by molar-refractivity contribution is 6.31. The van der Waals surface area contributed by atoms with Crippen LogP contribution in [0.15, 0.2) is 48.8 Å². The van der Waals surface area contributed by atoms with E-state index < -0.39 is 0 Å². The van der Waals surface area contributed by atoms with Gasteiger partial charge < -0.3 is 15.6 Å². The van der Waals surface area contributed by atoms with Gasteiger partial charge in [-0.1, -0.05) is 17.7 Å². The van der Waals surface area contributed by atoms with Gasteiger partial charge in [0, 0.05) is 42.1 Å². The number of aromatic nitrogens is 3. The molecular formula is C23H18ClFN6. The van der Waals surface area contributed by atoms with E-state index in [1.807, 2.05) is 0 Å². The second-order valence-corrected chi connectivity index (χ2v) is 8.08. The number of nitrogens with two attached hydrogens (primary N) is 1. The number of nitrogens with one attached hydrogen (secondary N) is 1. The van der Waals surface area contributed by atoms with E-state index in [4.69, 9.17) is 17.3 Å². The predicted octanol–water partition coefficient (Wildman–Crippen LogP) is 4.49. The molecule has 3 N–H and O–H groups in total. The minimum atomic E-state index is -0.387. The van der Waals surface area contributed by atoms with Crippen LogP contribution in [0.4, 0.5) is 10.1 Å². The molecule has 0 bridgehead atoms. The largest absolute Gasteiger partial charge is 0.369 e. The Morgan fingerprint density at radius 2 is 2.06 bits per heavy atom. The Balaban J connectivity index is 1.75. The highest BCUT2D eigenvalue weighted by Gasteiger charge is 2.26. The van der Waals surface area contributed by atoms with Gasteiger partial charge in [0.2, 0.25) is 0 Å². The van der Waals surface area contributed by atoms with Gasteiger partial charge in [0.25, 0.3) is 0 Å². The molecule has 8 heteroatoms. The third kappa shape index (κ3) is 3.50. The van der Waals surface area contributed by atoms with Crippen LogP contribution in [0.25, 0.3) is 33.5 Å². The first kappa shape index (κ1) is 19.5. The van der Waals surface area contributed by atoms with Crippen molar-refractivity contribution in [3.63, 3.8) is 0 Å². The van der Waals surface area contributed by atoms with E-state index in [0.717, 1.165) is 35.3 Å². The fourth-order valence-electron chi connectivity index (χ4n) is 4.10. The molecule has 3 heterocycles. The van der Waals surface area contributed by atoms with Crippen LogP contribution >= 0.6 is 11.6 Å². The number of hydrogen-bond acceptors (Lipinski definition) is 5. The molecule has 1 fully saturated rings. The second-order valence-electron chi connectivity index (χ2n) is 7.64. The number of H-pyrrole nitrogens is 1. The summed E-state index contributed by atoms with van der Waals surface area (Å²) in [5, 5.41) is 9.85. The molecule has 1 atom stereocenters. The summed E-state index contributed by atoms with van der Waals surface area (Å²) in [6, 6.07) is 12.2. The zero-order valence-electron chi connectivity index (χ0n) is 16.4. The molecule has 0 radical (unpaired) electrons. The monoisotopic (exact) mass is 432 g/mol. The number of fused-ring (bicyclic) bond motifs is 1. The first-order chi connectivity index (χ1) is 15.0. The Kier molecular flexibility index (Phi) is 4.81. The van der Waals surface area contributed by atoms with Gasteiger partial charge in [-0.3, -0.25) is 4.98 Å². The molecule has 1 aliphatic rings. The van der Waals surface area contributed by atoms with Gasteiger partial charge in [-0.2, -0.15) is 5.26 Å². The van der Waals surface area contributed by atoms with E-state index in [-0.39, 0.29) is 17.4 Å². The van der Waals surface area contributed by atoms with E-state index in [9.17, 15) is 9.65 Å². The average Bonchev–Trinajstić information content (AvgIpc) is 3.40. The van der Waals surface area contributed by atoms with Crippen LogP contribution in [0.5, 0.6) is 0 Å². The maximum Gasteiger partial charge on any atom is 0.151 e. The number of nitrogens with zero attached hydrogens (tertiary/aromatic N) is 4. The van der Waals surface area contributed by atoms with E-state index in [0.29, 0.717) is 28.5 Å². The number of imidazole rings is 1. The molecule has 0 spiro atoms. The molecule has 31 heavy (non-hydrogen) atoms. The zero-order valence-corrected chi connectivity index (χ0v) is 17.2. The van der Waals surface area contributed by atoms with Crippen molar-refractivity contribution in [2.24, 2.45) is 5.73 Å². The molecule has 0 aliphatic carbocycles. The lowest BCUT2D eigenvalue weighted by molar-refractivity contribution is 0.637. The molecule has 2 aromatic carbocycles. The summed E-state index contributed by atoms with van der Waals surface area (Å²) in [6.07, 6.45) is 4.32. The number of rotatable bonds is 3. The molecule has 154 valence electrons. The summed E-state index contributed by atoms with van der Waals surface area (Å²) in [4.78, 5) is 14.3. The summed E-state index contributed by atoms with van der Waals surface area (Å²) >= 11 is 6.28. The van der Waals surface area contributed by atoms with Crippen LogP contribution in [0.2, 0.25) is 5.02 Å². The van der Waals surface area contributed by atoms with Crippen molar-refractivity contribution in [3.05, 3.63) is 65.2 Å². The Hall–Kier alpha value is -3.47. The second kappa shape index (κ2) is 7.65. The minimum Gasteiger partial charge on any atom is -0.369 e. The summed E-state index contributed by atoms with van der Waals surface area (Å²) < 4.78 is 14.3. The SMILES string of the molecule is N#Cc1cc(Cl)cc(-c2cncc(-c3nc4c(F)cccc4[nH]3)c2N2CC[C@H](N)C2)c1. The number of halogens is 2. The van der Waals surface area contributed by atoms with Crippen LogP contribution in [0, 0.1) is 17.1 Å². The Bertz CT molecular complexity index is 1340. The number of benzene rings is 2. The Morgan fingerprint density at radius 3 is 2.81 bits per heavy atom. The summed E-state index contributed by atoms with van der Waals surface area (Å²) in [6.45, 7) is 1.44. The molecule has 0 amide bonds. The molecule has 1 aliphatic heterocycles. The number of anilines is 1. The maximum atomic E-state index is 14.3. The van der Waals surface area contributed by atoms with E-state index >= 15 is 0 Å². The summed E-state index contributed by atoms with van der Waals surface area (Å²) in [5.74, 6) is 0.134. The number of para-hydroxylation sites is 1. The van der Waals surface area contributed by atoms with Gasteiger partial charge in [0.15, 0.2) is 5.82 Å². The van der Waals surface area contributed by atoms with Crippen molar-refractivity contribution in [3.8, 4) is 28.6 Å². The molecule has 1 saturated heterocycles. The topological polar surface area (TPSA) is 94.6 Å². The van der Waals surface area contributed by atoms with Crippen molar-refractivity contribution < 1.29 is 4.39 Å². The minimum absolute atomic E-state index is 0.0519. The predicted molar refractivity (Wildman–Crippen MR) is 119 cm³/mol. The fraction of sp³-hybridized carbons (Fsp3) is 0.174. The zero-order chi connectivity index (χ0) is 21.5. The number of pyridine rings is 1. The van der Waals surface area contributed by atoms with Crippen LogP contribution < -0.4 is 10.6 Å². The van der Waals surface area contributed by atoms with Crippen LogP contribution in [0.3, 0.4) is 0 Å². The molecule has 4 aromatic rings. The molecule has 6 nitrogen and oxygen atoms in total. The van der Waals surface area contributed by atoms with Gasteiger partial charge in [0.05, 0.1) is 28.4 Å². The first-order valence-corrected chi connectivity index (χ1v) is 10.3. The normalized spacial score (nSPS) is 16.1. The number of aromatic amines is 1. The average molecular weight is 433 g/mol. The lowest BCUT2D eigenvalue weighted by Crippen LogP contribution is -2.27. The van der Waals surface area contributed by atoms with E-state index in [1.54, 1.807) is 42.7 Å². The Morgan fingerprint density at radius 1 is 1.23 bits per heavy atom. The van der Waals surface area contributed by atoms with Crippen molar-refractivity contribution in [2.45, 2.75) is 12.5 Å². The van der Waals surface area contributed by atoms with Gasteiger partial charge in [-0.25, -0.2) is 9.37 Å². The molecule has 0 saturated carbocycles. The molecule has 2 aromatic heterocycles. The van der Waals surface area contributed by atoms with Gasteiger partial charge >= 0.3 is 0 Å². The first-order valence-electron chi connectivity index (χ1n) is 9.87. The van der Waals surface area contributed by atoms with Gasteiger partial charge in [0.1, 0.15) is 11.3 Å². The van der Waals surface area contributed by atoms with Crippen LogP contribution in [-0.2, 0) is 0 Å². The van der Waals surface area contributed by atoms with Crippen molar-refractivity contribution in [1.82, 2.24) is 15.0 Å². The van der Waals surface area contributed by atoms with Crippen molar-refractivity contribution in [2.75, 3.05) is 18.0 Å². The number of nitriles is 1. The fourth-order valence-corrected chi connectivity index (χ4v) is 4.34. The third-order valence-corrected chi connectivity index (χ3v) is 5.73. The van der Waals surface area contributed by atoms with Gasteiger partial charge in [-0.15, -0.1) is 0 Å². The Labute approximate surface area is 183 Å². The molecule has 5 rings (SSSR count). The smallest absolute Gasteiger partial charge is 0.151 e. The molecule has 0 unspecified atom stereocenters. The highest BCUT2D eigenvalue weighted by Crippen LogP contribution is 2.40. The van der Waals surface area contributed by atoms with Crippen molar-refractivity contribution >= 4 is 28.3 Å². The third-order valence-electron chi connectivity index (χ3n) is 5.51. The summed E-state index contributed by atoms with van der Waals surface area (Å²) in [5.41, 5.74) is 10.8. The lowest BCUT2D eigenvalue weighted by Gasteiger charge is -2.24. The standard InChI is InChI=1S/C23H18ClFN6/c24-15-7-13(9-26)6-14(8-15)17-10-28-11-18(22(17)31-5-4-16(27)12-31)23-29-20-3-1-2-19(25)21(20)30-23/h1-3,6-8,10-11,16H,4-5,12,27H2,(H,29,30)/t16-/m0/s1. The van der Waals surface area contributed by atoms with Gasteiger partial charge in [-0.05, 0) is 42.3 Å².